The van der Waals surface area contributed by atoms with E-state index < -0.39 is 0 Å². The molecule has 0 aliphatic heterocycles. The van der Waals surface area contributed by atoms with E-state index >= 15 is 0 Å². The van der Waals surface area contributed by atoms with Crippen molar-refractivity contribution in [1.82, 2.24) is 0 Å². The minimum atomic E-state index is -0.387. The van der Waals surface area contributed by atoms with Gasteiger partial charge in [0.05, 0.1) is 5.60 Å². The zero-order valence-corrected chi connectivity index (χ0v) is 10.6. The lowest BCUT2D eigenvalue weighted by Crippen LogP contribution is -2.48. The summed E-state index contributed by atoms with van der Waals surface area (Å²) in [5.74, 6) is 1.40. The van der Waals surface area contributed by atoms with Crippen LogP contribution in [0.4, 0.5) is 0 Å². The Labute approximate surface area is 94.3 Å². The van der Waals surface area contributed by atoms with Crippen molar-refractivity contribution in [2.75, 3.05) is 0 Å². The van der Waals surface area contributed by atoms with Gasteiger partial charge in [-0.2, -0.15) is 0 Å². The van der Waals surface area contributed by atoms with E-state index in [9.17, 15) is 5.11 Å². The van der Waals surface area contributed by atoms with E-state index in [-0.39, 0.29) is 11.0 Å². The zero-order valence-electron chi connectivity index (χ0n) is 10.6. The molecule has 0 heterocycles. The lowest BCUT2D eigenvalue weighted by Gasteiger charge is -2.44. The van der Waals surface area contributed by atoms with Crippen molar-refractivity contribution < 1.29 is 5.11 Å². The minimum absolute atomic E-state index is 0.0523. The maximum Gasteiger partial charge on any atom is 0.0726 e. The van der Waals surface area contributed by atoms with Crippen LogP contribution in [0.3, 0.4) is 0 Å². The molecule has 2 unspecified atom stereocenters. The average molecular weight is 210 g/mol. The van der Waals surface area contributed by atoms with Gasteiger partial charge in [-0.1, -0.05) is 52.9 Å². The predicted molar refractivity (Wildman–Crippen MR) is 63.7 cm³/mol. The summed E-state index contributed by atoms with van der Waals surface area (Å²) in [7, 11) is 0. The second-order valence-corrected chi connectivity index (χ2v) is 6.72. The van der Waals surface area contributed by atoms with Gasteiger partial charge in [0.15, 0.2) is 0 Å². The summed E-state index contributed by atoms with van der Waals surface area (Å²) in [5, 5.41) is 10.9. The lowest BCUT2D eigenvalue weighted by atomic mass is 9.66. The van der Waals surface area contributed by atoms with Crippen LogP contribution in [0.25, 0.3) is 0 Å². The Hall–Kier alpha value is -0.0400. The Morgan fingerprint density at radius 1 is 1.00 bits per heavy atom. The van der Waals surface area contributed by atoms with Gasteiger partial charge in [0.25, 0.3) is 0 Å². The van der Waals surface area contributed by atoms with Gasteiger partial charge in [0.2, 0.25) is 0 Å². The second kappa shape index (κ2) is 3.76. The van der Waals surface area contributed by atoms with Crippen molar-refractivity contribution in [2.24, 2.45) is 17.3 Å². The molecule has 0 aromatic carbocycles. The zero-order chi connectivity index (χ0) is 11.1. The monoisotopic (exact) mass is 210 g/mol. The smallest absolute Gasteiger partial charge is 0.0726 e. The van der Waals surface area contributed by atoms with Gasteiger partial charge in [-0.15, -0.1) is 0 Å². The van der Waals surface area contributed by atoms with E-state index in [0.29, 0.717) is 5.92 Å². The average Bonchev–Trinajstić information content (AvgIpc) is 2.70. The Morgan fingerprint density at radius 3 is 2.13 bits per heavy atom. The quantitative estimate of drug-likeness (QED) is 0.699. The molecule has 2 aliphatic rings. The van der Waals surface area contributed by atoms with E-state index in [1.54, 1.807) is 0 Å². The van der Waals surface area contributed by atoms with Crippen LogP contribution < -0.4 is 0 Å². The molecule has 1 N–H and O–H groups in total. The summed E-state index contributed by atoms with van der Waals surface area (Å²) >= 11 is 0. The van der Waals surface area contributed by atoms with E-state index in [1.165, 1.54) is 38.5 Å². The molecule has 0 radical (unpaired) electrons. The molecule has 1 nitrogen and oxygen atoms in total. The van der Waals surface area contributed by atoms with Gasteiger partial charge in [-0.25, -0.2) is 0 Å². The Balaban J connectivity index is 2.16. The Kier molecular flexibility index (Phi) is 2.87. The summed E-state index contributed by atoms with van der Waals surface area (Å²) in [4.78, 5) is 0. The fourth-order valence-electron chi connectivity index (χ4n) is 3.93. The lowest BCUT2D eigenvalue weighted by molar-refractivity contribution is -0.103. The fourth-order valence-corrected chi connectivity index (χ4v) is 3.93. The molecule has 88 valence electrons. The normalized spacial score (nSPS) is 38.8. The van der Waals surface area contributed by atoms with Crippen molar-refractivity contribution in [3.8, 4) is 0 Å². The van der Waals surface area contributed by atoms with Crippen molar-refractivity contribution in [3.05, 3.63) is 0 Å². The predicted octanol–water partition coefficient (Wildman–Crippen LogP) is 3.75. The molecule has 0 amide bonds. The molecular weight excluding hydrogens is 184 g/mol. The molecule has 0 aromatic heterocycles. The molecule has 0 bridgehead atoms. The number of hydrogen-bond donors (Lipinski definition) is 1. The second-order valence-electron chi connectivity index (χ2n) is 6.72. The standard InChI is InChI=1S/C14H26O/c1-13(2,3)14(15)10-6-9-12(14)11-7-4-5-8-11/h11-12,15H,4-10H2,1-3H3. The maximum atomic E-state index is 10.9. The fraction of sp³-hybridized carbons (Fsp3) is 1.00. The van der Waals surface area contributed by atoms with Gasteiger partial charge in [-0.3, -0.25) is 0 Å². The number of hydrogen-bond acceptors (Lipinski definition) is 1. The highest BCUT2D eigenvalue weighted by atomic mass is 16.3. The van der Waals surface area contributed by atoms with E-state index in [1.807, 2.05) is 0 Å². The number of aliphatic hydroxyl groups is 1. The number of rotatable bonds is 1. The van der Waals surface area contributed by atoms with Crippen LogP contribution in [0.1, 0.15) is 65.7 Å². The minimum Gasteiger partial charge on any atom is -0.389 e. The van der Waals surface area contributed by atoms with Crippen molar-refractivity contribution in [3.63, 3.8) is 0 Å². The first-order valence-corrected chi connectivity index (χ1v) is 6.67. The van der Waals surface area contributed by atoms with Gasteiger partial charge in [0.1, 0.15) is 0 Å². The molecular formula is C14H26O. The molecule has 2 rings (SSSR count). The highest BCUT2D eigenvalue weighted by Crippen LogP contribution is 2.53. The van der Waals surface area contributed by atoms with Crippen LogP contribution in [0.15, 0.2) is 0 Å². The van der Waals surface area contributed by atoms with E-state index in [4.69, 9.17) is 0 Å². The van der Waals surface area contributed by atoms with Crippen LogP contribution in [-0.2, 0) is 0 Å². The largest absolute Gasteiger partial charge is 0.389 e. The summed E-state index contributed by atoms with van der Waals surface area (Å²) in [6.07, 6.45) is 9.03. The molecule has 2 atom stereocenters. The van der Waals surface area contributed by atoms with E-state index in [2.05, 4.69) is 20.8 Å². The third kappa shape index (κ3) is 1.84. The summed E-state index contributed by atoms with van der Waals surface area (Å²) in [5.41, 5.74) is -0.335. The Morgan fingerprint density at radius 2 is 1.60 bits per heavy atom. The van der Waals surface area contributed by atoms with Gasteiger partial charge in [-0.05, 0) is 30.1 Å². The van der Waals surface area contributed by atoms with Crippen molar-refractivity contribution in [2.45, 2.75) is 71.3 Å². The molecule has 2 saturated carbocycles. The SMILES string of the molecule is CC(C)(C)C1(O)CCCC1C1CCCC1. The van der Waals surface area contributed by atoms with Crippen LogP contribution in [0.2, 0.25) is 0 Å². The maximum absolute atomic E-state index is 10.9. The molecule has 2 fully saturated rings. The third-order valence-corrected chi connectivity index (χ3v) is 4.95. The van der Waals surface area contributed by atoms with Crippen LogP contribution in [-0.4, -0.2) is 10.7 Å². The molecule has 0 aromatic rings. The first-order chi connectivity index (χ1) is 6.95. The van der Waals surface area contributed by atoms with Crippen LogP contribution >= 0.6 is 0 Å². The topological polar surface area (TPSA) is 20.2 Å². The summed E-state index contributed by atoms with van der Waals surface area (Å²) in [6, 6.07) is 0. The molecule has 0 spiro atoms. The summed E-state index contributed by atoms with van der Waals surface area (Å²) in [6.45, 7) is 6.63. The molecule has 2 aliphatic carbocycles. The molecule has 0 saturated heterocycles. The van der Waals surface area contributed by atoms with Gasteiger partial charge >= 0.3 is 0 Å². The Bertz CT molecular complexity index is 222. The molecule has 15 heavy (non-hydrogen) atoms. The van der Waals surface area contributed by atoms with E-state index in [0.717, 1.165) is 12.3 Å². The van der Waals surface area contributed by atoms with Gasteiger partial charge in [0, 0.05) is 0 Å². The van der Waals surface area contributed by atoms with Crippen LogP contribution in [0.5, 0.6) is 0 Å². The highest BCUT2D eigenvalue weighted by molar-refractivity contribution is 5.02. The van der Waals surface area contributed by atoms with Gasteiger partial charge < -0.3 is 5.11 Å². The van der Waals surface area contributed by atoms with Crippen LogP contribution in [0, 0.1) is 17.3 Å². The summed E-state index contributed by atoms with van der Waals surface area (Å²) < 4.78 is 0. The van der Waals surface area contributed by atoms with Crippen molar-refractivity contribution >= 4 is 0 Å². The first kappa shape index (κ1) is 11.4. The third-order valence-electron chi connectivity index (χ3n) is 4.95. The first-order valence-electron chi connectivity index (χ1n) is 6.67. The highest BCUT2D eigenvalue weighted by Gasteiger charge is 2.52. The molecule has 1 heteroatoms. The van der Waals surface area contributed by atoms with Crippen molar-refractivity contribution in [1.29, 1.82) is 0 Å².